The second-order valence-corrected chi connectivity index (χ2v) is 4.76. The minimum atomic E-state index is -0.416. The fourth-order valence-electron chi connectivity index (χ4n) is 2.42. The van der Waals surface area contributed by atoms with Gasteiger partial charge >= 0.3 is 5.69 Å². The van der Waals surface area contributed by atoms with E-state index in [0.717, 1.165) is 19.4 Å². The van der Waals surface area contributed by atoms with Crippen molar-refractivity contribution >= 4 is 17.5 Å². The first kappa shape index (κ1) is 14.4. The number of ether oxygens (including phenoxy) is 1. The summed E-state index contributed by atoms with van der Waals surface area (Å²) in [5.41, 5.74) is 0.338. The van der Waals surface area contributed by atoms with Crippen LogP contribution in [0.2, 0.25) is 0 Å². The zero-order valence-electron chi connectivity index (χ0n) is 11.9. The molecule has 0 radical (unpaired) electrons. The number of nitrogens with zero attached hydrogens (tertiary/aromatic N) is 4. The molecule has 8 nitrogen and oxygen atoms in total. The van der Waals surface area contributed by atoms with Gasteiger partial charge in [-0.1, -0.05) is 0 Å². The van der Waals surface area contributed by atoms with Crippen LogP contribution in [-0.2, 0) is 4.74 Å². The third-order valence-corrected chi connectivity index (χ3v) is 3.46. The molecule has 1 saturated heterocycles. The number of methoxy groups -OCH3 is 1. The molecule has 1 aliphatic rings. The number of aromatic nitrogens is 2. The summed E-state index contributed by atoms with van der Waals surface area (Å²) in [6.07, 6.45) is 1.97. The van der Waals surface area contributed by atoms with Crippen molar-refractivity contribution in [3.05, 3.63) is 15.8 Å². The summed E-state index contributed by atoms with van der Waals surface area (Å²) in [4.78, 5) is 21.1. The highest BCUT2D eigenvalue weighted by Gasteiger charge is 2.29. The second-order valence-electron chi connectivity index (χ2n) is 4.76. The summed E-state index contributed by atoms with van der Waals surface area (Å²) in [5, 5.41) is 14.1. The van der Waals surface area contributed by atoms with Crippen LogP contribution < -0.4 is 10.2 Å². The molecule has 8 heteroatoms. The lowest BCUT2D eigenvalue weighted by Crippen LogP contribution is -2.40. The maximum Gasteiger partial charge on any atom is 0.332 e. The molecule has 2 heterocycles. The highest BCUT2D eigenvalue weighted by molar-refractivity contribution is 5.62. The van der Waals surface area contributed by atoms with Crippen molar-refractivity contribution in [2.24, 2.45) is 0 Å². The first-order valence-corrected chi connectivity index (χ1v) is 6.55. The van der Waals surface area contributed by atoms with Crippen molar-refractivity contribution in [1.82, 2.24) is 9.97 Å². The van der Waals surface area contributed by atoms with Crippen LogP contribution in [0.15, 0.2) is 0 Å². The number of nitrogens with one attached hydrogen (secondary N) is 1. The zero-order valence-corrected chi connectivity index (χ0v) is 11.9. The third-order valence-electron chi connectivity index (χ3n) is 3.46. The monoisotopic (exact) mass is 281 g/mol. The average molecular weight is 281 g/mol. The summed E-state index contributed by atoms with van der Waals surface area (Å²) in [6.45, 7) is 2.97. The lowest BCUT2D eigenvalue weighted by molar-refractivity contribution is -0.385. The number of piperidine rings is 1. The molecule has 1 N–H and O–H groups in total. The molecule has 1 fully saturated rings. The summed E-state index contributed by atoms with van der Waals surface area (Å²) in [7, 11) is 3.35. The molecule has 1 aliphatic heterocycles. The van der Waals surface area contributed by atoms with Gasteiger partial charge in [0.05, 0.1) is 11.0 Å². The number of aryl methyl sites for hydroxylation is 1. The Labute approximate surface area is 117 Å². The SMILES string of the molecule is CNc1nc(C)c([N+](=O)[O-])c(N2CCCC(OC)C2)n1. The van der Waals surface area contributed by atoms with E-state index in [-0.39, 0.29) is 11.8 Å². The predicted octanol–water partition coefficient (Wildman–Crippen LogP) is 1.35. The standard InChI is InChI=1S/C12H19N5O3/c1-8-10(17(18)19)11(15-12(13-2)14-8)16-6-4-5-9(7-16)20-3/h9H,4-7H2,1-3H3,(H,13,14,15). The number of nitro groups is 1. The average Bonchev–Trinajstić information content (AvgIpc) is 2.45. The number of anilines is 2. The van der Waals surface area contributed by atoms with Gasteiger partial charge < -0.3 is 15.0 Å². The molecule has 1 aromatic rings. The van der Waals surface area contributed by atoms with E-state index in [9.17, 15) is 10.1 Å². The smallest absolute Gasteiger partial charge is 0.332 e. The Morgan fingerprint density at radius 3 is 2.85 bits per heavy atom. The van der Waals surface area contributed by atoms with Crippen molar-refractivity contribution in [2.45, 2.75) is 25.9 Å². The quantitative estimate of drug-likeness (QED) is 0.657. The molecule has 1 atom stereocenters. The molecule has 0 amide bonds. The van der Waals surface area contributed by atoms with Crippen molar-refractivity contribution < 1.29 is 9.66 Å². The van der Waals surface area contributed by atoms with E-state index in [2.05, 4.69) is 15.3 Å². The highest BCUT2D eigenvalue weighted by atomic mass is 16.6. The number of rotatable bonds is 4. The van der Waals surface area contributed by atoms with E-state index in [4.69, 9.17) is 4.74 Å². The van der Waals surface area contributed by atoms with Crippen LogP contribution in [0.5, 0.6) is 0 Å². The minimum Gasteiger partial charge on any atom is -0.380 e. The van der Waals surface area contributed by atoms with E-state index in [1.165, 1.54) is 0 Å². The molecule has 1 unspecified atom stereocenters. The predicted molar refractivity (Wildman–Crippen MR) is 75.2 cm³/mol. The van der Waals surface area contributed by atoms with Gasteiger partial charge in [0.1, 0.15) is 5.69 Å². The molecule has 0 saturated carbocycles. The van der Waals surface area contributed by atoms with Crippen molar-refractivity contribution in [3.8, 4) is 0 Å². The van der Waals surface area contributed by atoms with Gasteiger partial charge in [-0.2, -0.15) is 4.98 Å². The lowest BCUT2D eigenvalue weighted by Gasteiger charge is -2.32. The maximum atomic E-state index is 11.3. The number of hydrogen-bond acceptors (Lipinski definition) is 7. The van der Waals surface area contributed by atoms with E-state index < -0.39 is 4.92 Å². The van der Waals surface area contributed by atoms with Gasteiger partial charge in [0.2, 0.25) is 11.8 Å². The molecule has 0 spiro atoms. The fourth-order valence-corrected chi connectivity index (χ4v) is 2.42. The maximum absolute atomic E-state index is 11.3. The van der Waals surface area contributed by atoms with Gasteiger partial charge in [0.25, 0.3) is 0 Å². The summed E-state index contributed by atoms with van der Waals surface area (Å²) in [6, 6.07) is 0. The van der Waals surface area contributed by atoms with Gasteiger partial charge in [-0.15, -0.1) is 0 Å². The first-order valence-electron chi connectivity index (χ1n) is 6.55. The summed E-state index contributed by atoms with van der Waals surface area (Å²) < 4.78 is 5.36. The topological polar surface area (TPSA) is 93.4 Å². The first-order chi connectivity index (χ1) is 9.56. The van der Waals surface area contributed by atoms with Crippen molar-refractivity contribution in [2.75, 3.05) is 37.5 Å². The highest BCUT2D eigenvalue weighted by Crippen LogP contribution is 2.31. The second kappa shape index (κ2) is 6.00. The Morgan fingerprint density at radius 1 is 1.50 bits per heavy atom. The molecular weight excluding hydrogens is 262 g/mol. The summed E-state index contributed by atoms with van der Waals surface area (Å²) in [5.74, 6) is 0.760. The molecular formula is C12H19N5O3. The molecule has 1 aromatic heterocycles. The molecule has 0 aliphatic carbocycles. The minimum absolute atomic E-state index is 0.0271. The Kier molecular flexibility index (Phi) is 4.33. The van der Waals surface area contributed by atoms with Gasteiger partial charge in [0, 0.05) is 27.2 Å². The van der Waals surface area contributed by atoms with Crippen LogP contribution in [0.1, 0.15) is 18.5 Å². The normalized spacial score (nSPS) is 18.9. The van der Waals surface area contributed by atoms with Crippen molar-refractivity contribution in [3.63, 3.8) is 0 Å². The van der Waals surface area contributed by atoms with Crippen LogP contribution >= 0.6 is 0 Å². The van der Waals surface area contributed by atoms with Crippen LogP contribution in [0.3, 0.4) is 0 Å². The number of hydrogen-bond donors (Lipinski definition) is 1. The lowest BCUT2D eigenvalue weighted by atomic mass is 10.1. The Bertz CT molecular complexity index is 508. The molecule has 2 rings (SSSR count). The van der Waals surface area contributed by atoms with E-state index in [1.54, 1.807) is 21.1 Å². The van der Waals surface area contributed by atoms with Crippen LogP contribution in [0.4, 0.5) is 17.5 Å². The fraction of sp³-hybridized carbons (Fsp3) is 0.667. The Balaban J connectivity index is 2.42. The van der Waals surface area contributed by atoms with E-state index >= 15 is 0 Å². The van der Waals surface area contributed by atoms with Crippen LogP contribution in [-0.4, -0.2) is 48.2 Å². The Hall–Kier alpha value is -1.96. The molecule has 20 heavy (non-hydrogen) atoms. The van der Waals surface area contributed by atoms with Crippen molar-refractivity contribution in [1.29, 1.82) is 0 Å². The molecule has 0 aromatic carbocycles. The van der Waals surface area contributed by atoms with E-state index in [0.29, 0.717) is 24.0 Å². The third kappa shape index (κ3) is 2.79. The summed E-state index contributed by atoms with van der Waals surface area (Å²) >= 11 is 0. The Morgan fingerprint density at radius 2 is 2.25 bits per heavy atom. The van der Waals surface area contributed by atoms with E-state index in [1.807, 2.05) is 4.90 Å². The van der Waals surface area contributed by atoms with Crippen LogP contribution in [0.25, 0.3) is 0 Å². The largest absolute Gasteiger partial charge is 0.380 e. The van der Waals surface area contributed by atoms with Gasteiger partial charge in [-0.25, -0.2) is 4.98 Å². The molecule has 0 bridgehead atoms. The van der Waals surface area contributed by atoms with Gasteiger partial charge in [-0.3, -0.25) is 10.1 Å². The van der Waals surface area contributed by atoms with Crippen LogP contribution in [0, 0.1) is 17.0 Å². The van der Waals surface area contributed by atoms with Gasteiger partial charge in [-0.05, 0) is 19.8 Å². The molecule has 110 valence electrons. The van der Waals surface area contributed by atoms with Gasteiger partial charge in [0.15, 0.2) is 0 Å². The zero-order chi connectivity index (χ0) is 14.7.